The van der Waals surface area contributed by atoms with Crippen LogP contribution in [0.3, 0.4) is 0 Å². The van der Waals surface area contributed by atoms with Crippen molar-refractivity contribution in [3.63, 3.8) is 0 Å². The highest BCUT2D eigenvalue weighted by atomic mass is 16.3. The van der Waals surface area contributed by atoms with Gasteiger partial charge in [0, 0.05) is 32.2 Å². The number of aliphatic hydroxyl groups excluding tert-OH is 1. The molecule has 0 aliphatic carbocycles. The molecule has 0 aromatic carbocycles. The van der Waals surface area contributed by atoms with E-state index in [1.165, 1.54) is 0 Å². The van der Waals surface area contributed by atoms with Crippen molar-refractivity contribution >= 4 is 11.6 Å². The predicted molar refractivity (Wildman–Crippen MR) is 74.1 cm³/mol. The summed E-state index contributed by atoms with van der Waals surface area (Å²) < 4.78 is 0. The molecule has 1 fully saturated rings. The van der Waals surface area contributed by atoms with Crippen molar-refractivity contribution in [1.29, 1.82) is 0 Å². The number of rotatable bonds is 5. The number of hydrogen-bond acceptors (Lipinski definition) is 4. The standard InChI is InChI=1S/C14H21N3O2/c1-2-6-15-12-3-4-13(16-8-12)14(19)17-7-5-11(9-17)10-18/h3-4,8,11,15,18H,2,5-7,9-10H2,1H3. The first-order chi connectivity index (χ1) is 9.24. The summed E-state index contributed by atoms with van der Waals surface area (Å²) in [6, 6.07) is 3.64. The third kappa shape index (κ3) is 3.44. The zero-order chi connectivity index (χ0) is 13.7. The Morgan fingerprint density at radius 1 is 1.58 bits per heavy atom. The largest absolute Gasteiger partial charge is 0.396 e. The van der Waals surface area contributed by atoms with Crippen LogP contribution in [0.25, 0.3) is 0 Å². The fraction of sp³-hybridized carbons (Fsp3) is 0.571. The van der Waals surface area contributed by atoms with E-state index in [0.717, 1.165) is 25.1 Å². The average molecular weight is 263 g/mol. The third-order valence-electron chi connectivity index (χ3n) is 3.39. The highest BCUT2D eigenvalue weighted by Crippen LogP contribution is 2.18. The molecule has 0 radical (unpaired) electrons. The first kappa shape index (κ1) is 13.8. The Hall–Kier alpha value is -1.62. The maximum Gasteiger partial charge on any atom is 0.272 e. The van der Waals surface area contributed by atoms with Gasteiger partial charge in [-0.3, -0.25) is 4.79 Å². The fourth-order valence-electron chi connectivity index (χ4n) is 2.22. The summed E-state index contributed by atoms with van der Waals surface area (Å²) in [5.74, 6) is 0.174. The Morgan fingerprint density at radius 3 is 3.00 bits per heavy atom. The second-order valence-corrected chi connectivity index (χ2v) is 4.95. The number of carbonyl (C=O) groups is 1. The summed E-state index contributed by atoms with van der Waals surface area (Å²) in [7, 11) is 0. The molecule has 1 unspecified atom stereocenters. The maximum absolute atomic E-state index is 12.2. The van der Waals surface area contributed by atoms with Crippen molar-refractivity contribution in [3.05, 3.63) is 24.0 Å². The van der Waals surface area contributed by atoms with Crippen LogP contribution in [0.4, 0.5) is 5.69 Å². The van der Waals surface area contributed by atoms with Crippen LogP contribution in [0, 0.1) is 5.92 Å². The van der Waals surface area contributed by atoms with E-state index in [9.17, 15) is 4.79 Å². The van der Waals surface area contributed by atoms with Gasteiger partial charge >= 0.3 is 0 Å². The van der Waals surface area contributed by atoms with Crippen LogP contribution >= 0.6 is 0 Å². The zero-order valence-electron chi connectivity index (χ0n) is 11.3. The first-order valence-corrected chi connectivity index (χ1v) is 6.84. The third-order valence-corrected chi connectivity index (χ3v) is 3.39. The molecule has 2 N–H and O–H groups in total. The minimum Gasteiger partial charge on any atom is -0.396 e. The van der Waals surface area contributed by atoms with Crippen molar-refractivity contribution < 1.29 is 9.90 Å². The number of nitrogens with one attached hydrogen (secondary N) is 1. The molecule has 1 saturated heterocycles. The van der Waals surface area contributed by atoms with Gasteiger partial charge in [-0.15, -0.1) is 0 Å². The van der Waals surface area contributed by atoms with E-state index >= 15 is 0 Å². The molecule has 1 aliphatic heterocycles. The molecule has 19 heavy (non-hydrogen) atoms. The van der Waals surface area contributed by atoms with Gasteiger partial charge in [-0.05, 0) is 25.0 Å². The van der Waals surface area contributed by atoms with Crippen molar-refractivity contribution in [3.8, 4) is 0 Å². The van der Waals surface area contributed by atoms with Gasteiger partial charge < -0.3 is 15.3 Å². The monoisotopic (exact) mass is 263 g/mol. The summed E-state index contributed by atoms with van der Waals surface area (Å²) in [4.78, 5) is 18.2. The lowest BCUT2D eigenvalue weighted by Crippen LogP contribution is -2.29. The lowest BCUT2D eigenvalue weighted by Gasteiger charge is -2.15. The molecule has 2 heterocycles. The molecule has 104 valence electrons. The Bertz CT molecular complexity index is 419. The Kier molecular flexibility index (Phi) is 4.74. The molecule has 0 saturated carbocycles. The number of aromatic nitrogens is 1. The van der Waals surface area contributed by atoms with Crippen LogP contribution in [-0.4, -0.2) is 47.1 Å². The van der Waals surface area contributed by atoms with Gasteiger partial charge in [0.1, 0.15) is 5.69 Å². The molecular weight excluding hydrogens is 242 g/mol. The SMILES string of the molecule is CCCNc1ccc(C(=O)N2CCC(CO)C2)nc1. The van der Waals surface area contributed by atoms with Gasteiger partial charge in [0.05, 0.1) is 11.9 Å². The topological polar surface area (TPSA) is 65.5 Å². The van der Waals surface area contributed by atoms with Crippen LogP contribution in [0.2, 0.25) is 0 Å². The van der Waals surface area contributed by atoms with E-state index in [4.69, 9.17) is 5.11 Å². The second-order valence-electron chi connectivity index (χ2n) is 4.95. The van der Waals surface area contributed by atoms with E-state index in [1.54, 1.807) is 17.2 Å². The number of pyridine rings is 1. The maximum atomic E-state index is 12.2. The predicted octanol–water partition coefficient (Wildman–Crippen LogP) is 1.36. The molecule has 0 bridgehead atoms. The minimum absolute atomic E-state index is 0.0435. The van der Waals surface area contributed by atoms with E-state index in [0.29, 0.717) is 18.8 Å². The van der Waals surface area contributed by atoms with Gasteiger partial charge in [-0.2, -0.15) is 0 Å². The fourth-order valence-corrected chi connectivity index (χ4v) is 2.22. The number of amides is 1. The molecule has 2 rings (SSSR count). The summed E-state index contributed by atoms with van der Waals surface area (Å²) in [6.45, 7) is 4.49. The Morgan fingerprint density at radius 2 is 2.42 bits per heavy atom. The molecule has 1 aliphatic rings. The van der Waals surface area contributed by atoms with E-state index in [2.05, 4.69) is 17.2 Å². The molecule has 0 spiro atoms. The summed E-state index contributed by atoms with van der Waals surface area (Å²) in [5, 5.41) is 12.3. The summed E-state index contributed by atoms with van der Waals surface area (Å²) in [6.07, 6.45) is 3.62. The Labute approximate surface area is 113 Å². The van der Waals surface area contributed by atoms with Gasteiger partial charge in [0.2, 0.25) is 0 Å². The van der Waals surface area contributed by atoms with Crippen molar-refractivity contribution in [2.75, 3.05) is 31.6 Å². The summed E-state index contributed by atoms with van der Waals surface area (Å²) >= 11 is 0. The van der Waals surface area contributed by atoms with E-state index < -0.39 is 0 Å². The van der Waals surface area contributed by atoms with Gasteiger partial charge in [-0.1, -0.05) is 6.92 Å². The van der Waals surface area contributed by atoms with E-state index in [-0.39, 0.29) is 18.4 Å². The smallest absolute Gasteiger partial charge is 0.272 e. The van der Waals surface area contributed by atoms with Crippen LogP contribution in [0.1, 0.15) is 30.3 Å². The van der Waals surface area contributed by atoms with Crippen LogP contribution in [0.5, 0.6) is 0 Å². The van der Waals surface area contributed by atoms with Gasteiger partial charge in [0.25, 0.3) is 5.91 Å². The highest BCUT2D eigenvalue weighted by Gasteiger charge is 2.26. The number of carbonyl (C=O) groups excluding carboxylic acids is 1. The molecule has 1 aromatic heterocycles. The van der Waals surface area contributed by atoms with Crippen molar-refractivity contribution in [2.24, 2.45) is 5.92 Å². The zero-order valence-corrected chi connectivity index (χ0v) is 11.3. The Balaban J connectivity index is 1.96. The number of anilines is 1. The summed E-state index contributed by atoms with van der Waals surface area (Å²) in [5.41, 5.74) is 1.41. The van der Waals surface area contributed by atoms with Crippen molar-refractivity contribution in [1.82, 2.24) is 9.88 Å². The number of likely N-dealkylation sites (tertiary alicyclic amines) is 1. The highest BCUT2D eigenvalue weighted by molar-refractivity contribution is 5.92. The van der Waals surface area contributed by atoms with Crippen molar-refractivity contribution in [2.45, 2.75) is 19.8 Å². The van der Waals surface area contributed by atoms with Gasteiger partial charge in [0.15, 0.2) is 0 Å². The number of nitrogens with zero attached hydrogens (tertiary/aromatic N) is 2. The molecular formula is C14H21N3O2. The lowest BCUT2D eigenvalue weighted by molar-refractivity contribution is 0.0776. The van der Waals surface area contributed by atoms with Crippen LogP contribution < -0.4 is 5.32 Å². The quantitative estimate of drug-likeness (QED) is 0.842. The molecule has 1 amide bonds. The van der Waals surface area contributed by atoms with Crippen LogP contribution in [-0.2, 0) is 0 Å². The second kappa shape index (κ2) is 6.52. The minimum atomic E-state index is -0.0435. The molecule has 5 nitrogen and oxygen atoms in total. The van der Waals surface area contributed by atoms with E-state index in [1.807, 2.05) is 6.07 Å². The molecule has 5 heteroatoms. The first-order valence-electron chi connectivity index (χ1n) is 6.84. The normalized spacial score (nSPS) is 18.6. The lowest BCUT2D eigenvalue weighted by atomic mass is 10.1. The average Bonchev–Trinajstić information content (AvgIpc) is 2.94. The van der Waals surface area contributed by atoms with Gasteiger partial charge in [-0.25, -0.2) is 4.98 Å². The number of aliphatic hydroxyl groups is 1. The van der Waals surface area contributed by atoms with Crippen LogP contribution in [0.15, 0.2) is 18.3 Å². The number of hydrogen-bond donors (Lipinski definition) is 2. The molecule has 1 atom stereocenters. The molecule has 1 aromatic rings.